The van der Waals surface area contributed by atoms with Crippen LogP contribution in [0, 0.1) is 11.3 Å². The molecule has 1 aliphatic carbocycles. The fraction of sp³-hybridized carbons (Fsp3) is 0.250. The van der Waals surface area contributed by atoms with Crippen molar-refractivity contribution >= 4 is 45.8 Å². The van der Waals surface area contributed by atoms with Crippen molar-refractivity contribution < 1.29 is 14.3 Å². The van der Waals surface area contributed by atoms with Crippen molar-refractivity contribution in [2.45, 2.75) is 31.8 Å². The number of hydrogen-bond donors (Lipinski definition) is 2. The minimum atomic E-state index is -0.448. The SMILES string of the molecule is N#Cc1c(NC(=O)/C=C/c2cccs2)sc2c1CCC(OC(=O)NCCc1cccnc1)C2. The number of carbonyl (C=O) groups is 2. The minimum Gasteiger partial charge on any atom is -0.446 e. The van der Waals surface area contributed by atoms with Gasteiger partial charge in [0.25, 0.3) is 0 Å². The van der Waals surface area contributed by atoms with E-state index in [1.807, 2.05) is 29.6 Å². The normalized spacial score (nSPS) is 14.9. The number of thiophene rings is 2. The van der Waals surface area contributed by atoms with Crippen molar-refractivity contribution in [1.82, 2.24) is 10.3 Å². The van der Waals surface area contributed by atoms with Gasteiger partial charge in [-0.15, -0.1) is 22.7 Å². The fourth-order valence-corrected chi connectivity index (χ4v) is 5.49. The van der Waals surface area contributed by atoms with E-state index in [0.717, 1.165) is 20.9 Å². The van der Waals surface area contributed by atoms with Crippen molar-refractivity contribution in [3.63, 3.8) is 0 Å². The third-order valence-electron chi connectivity index (χ3n) is 5.19. The highest BCUT2D eigenvalue weighted by Gasteiger charge is 2.28. The Morgan fingerprint density at radius 2 is 2.24 bits per heavy atom. The topological polar surface area (TPSA) is 104 Å². The highest BCUT2D eigenvalue weighted by atomic mass is 32.1. The zero-order valence-electron chi connectivity index (χ0n) is 17.7. The molecule has 0 spiro atoms. The summed E-state index contributed by atoms with van der Waals surface area (Å²) in [4.78, 5) is 30.5. The van der Waals surface area contributed by atoms with Gasteiger partial charge in [-0.1, -0.05) is 12.1 Å². The summed E-state index contributed by atoms with van der Waals surface area (Å²) in [5.41, 5.74) is 2.49. The Labute approximate surface area is 199 Å². The Morgan fingerprint density at radius 1 is 1.33 bits per heavy atom. The smallest absolute Gasteiger partial charge is 0.407 e. The average molecular weight is 479 g/mol. The van der Waals surface area contributed by atoms with Crippen LogP contribution in [-0.2, 0) is 28.8 Å². The third kappa shape index (κ3) is 6.06. The van der Waals surface area contributed by atoms with E-state index < -0.39 is 6.09 Å². The molecule has 0 saturated heterocycles. The van der Waals surface area contributed by atoms with E-state index in [9.17, 15) is 14.9 Å². The summed E-state index contributed by atoms with van der Waals surface area (Å²) in [6.07, 6.45) is 8.47. The molecule has 0 bridgehead atoms. The molecule has 0 aromatic carbocycles. The van der Waals surface area contributed by atoms with E-state index >= 15 is 0 Å². The molecule has 7 nitrogen and oxygen atoms in total. The van der Waals surface area contributed by atoms with Gasteiger partial charge in [0.1, 0.15) is 17.2 Å². The number of nitrogens with zero attached hydrogens (tertiary/aromatic N) is 2. The van der Waals surface area contributed by atoms with Crippen LogP contribution in [0.15, 0.2) is 48.1 Å². The summed E-state index contributed by atoms with van der Waals surface area (Å²) in [6, 6.07) is 9.89. The highest BCUT2D eigenvalue weighted by molar-refractivity contribution is 7.16. The number of fused-ring (bicyclic) bond motifs is 1. The molecule has 1 atom stereocenters. The van der Waals surface area contributed by atoms with E-state index in [2.05, 4.69) is 21.7 Å². The van der Waals surface area contributed by atoms with Gasteiger partial charge in [-0.25, -0.2) is 4.79 Å². The number of aromatic nitrogens is 1. The van der Waals surface area contributed by atoms with Crippen LogP contribution in [-0.4, -0.2) is 29.6 Å². The summed E-state index contributed by atoms with van der Waals surface area (Å²) in [5, 5.41) is 17.7. The fourth-order valence-electron chi connectivity index (χ4n) is 3.61. The average Bonchev–Trinajstić information content (AvgIpc) is 3.45. The van der Waals surface area contributed by atoms with E-state index in [1.165, 1.54) is 17.4 Å². The number of amides is 2. The van der Waals surface area contributed by atoms with Gasteiger partial charge in [-0.05, 0) is 54.0 Å². The van der Waals surface area contributed by atoms with Crippen LogP contribution in [0.2, 0.25) is 0 Å². The first kappa shape index (κ1) is 22.7. The van der Waals surface area contributed by atoms with Crippen LogP contribution < -0.4 is 10.6 Å². The Balaban J connectivity index is 1.31. The van der Waals surface area contributed by atoms with Crippen LogP contribution in [0.4, 0.5) is 9.80 Å². The predicted molar refractivity (Wildman–Crippen MR) is 129 cm³/mol. The standard InChI is InChI=1S/C24H22N4O3S2/c25-14-20-19-7-5-17(31-24(30)27-11-9-16-3-1-10-26-15-16)13-21(19)33-23(20)28-22(29)8-6-18-4-2-12-32-18/h1-4,6,8,10,12,15,17H,5,7,9,11,13H2,(H,27,30)(H,28,29)/b8-6+. The van der Waals surface area contributed by atoms with Gasteiger partial charge in [0.05, 0.1) is 5.56 Å². The number of anilines is 1. The van der Waals surface area contributed by atoms with Crippen LogP contribution in [0.25, 0.3) is 6.08 Å². The molecule has 2 N–H and O–H groups in total. The lowest BCUT2D eigenvalue weighted by molar-refractivity contribution is -0.111. The first-order valence-electron chi connectivity index (χ1n) is 10.5. The number of carbonyl (C=O) groups excluding carboxylic acids is 2. The molecule has 3 aromatic rings. The summed E-state index contributed by atoms with van der Waals surface area (Å²) in [6.45, 7) is 0.468. The summed E-state index contributed by atoms with van der Waals surface area (Å²) < 4.78 is 5.59. The molecule has 0 aliphatic heterocycles. The number of alkyl carbamates (subject to hydrolysis) is 1. The number of ether oxygens (including phenoxy) is 1. The molecule has 9 heteroatoms. The van der Waals surface area contributed by atoms with Gasteiger partial charge in [0.2, 0.25) is 5.91 Å². The zero-order chi connectivity index (χ0) is 23.0. The summed E-state index contributed by atoms with van der Waals surface area (Å²) in [5.74, 6) is -0.278. The highest BCUT2D eigenvalue weighted by Crippen LogP contribution is 2.38. The van der Waals surface area contributed by atoms with Crippen molar-refractivity contribution in [3.05, 3.63) is 74.6 Å². The summed E-state index contributed by atoms with van der Waals surface area (Å²) >= 11 is 2.92. The number of rotatable bonds is 7. The van der Waals surface area contributed by atoms with Gasteiger partial charge in [0, 0.05) is 41.2 Å². The Morgan fingerprint density at radius 3 is 3.00 bits per heavy atom. The number of nitriles is 1. The molecular weight excluding hydrogens is 456 g/mol. The maximum absolute atomic E-state index is 12.3. The largest absolute Gasteiger partial charge is 0.446 e. The van der Waals surface area contributed by atoms with E-state index in [-0.39, 0.29) is 12.0 Å². The van der Waals surface area contributed by atoms with Crippen molar-refractivity contribution in [1.29, 1.82) is 5.26 Å². The maximum atomic E-state index is 12.3. The molecule has 0 radical (unpaired) electrons. The number of pyridine rings is 1. The van der Waals surface area contributed by atoms with Crippen LogP contribution >= 0.6 is 22.7 Å². The lowest BCUT2D eigenvalue weighted by Gasteiger charge is -2.22. The molecule has 168 valence electrons. The molecule has 3 aromatic heterocycles. The van der Waals surface area contributed by atoms with E-state index in [0.29, 0.717) is 42.8 Å². The minimum absolute atomic E-state index is 0.261. The Kier molecular flexibility index (Phi) is 7.50. The first-order chi connectivity index (χ1) is 16.1. The van der Waals surface area contributed by atoms with Crippen molar-refractivity contribution in [2.75, 3.05) is 11.9 Å². The van der Waals surface area contributed by atoms with Crippen LogP contribution in [0.5, 0.6) is 0 Å². The van der Waals surface area contributed by atoms with Crippen molar-refractivity contribution in [2.24, 2.45) is 0 Å². The van der Waals surface area contributed by atoms with E-state index in [1.54, 1.807) is 29.8 Å². The third-order valence-corrected chi connectivity index (χ3v) is 7.20. The van der Waals surface area contributed by atoms with Gasteiger partial charge in [-0.3, -0.25) is 9.78 Å². The molecule has 0 saturated carbocycles. The second kappa shape index (κ2) is 10.9. The molecule has 2 amide bonds. The molecule has 4 rings (SSSR count). The zero-order valence-corrected chi connectivity index (χ0v) is 19.4. The summed E-state index contributed by atoms with van der Waals surface area (Å²) in [7, 11) is 0. The number of nitrogens with one attached hydrogen (secondary N) is 2. The monoisotopic (exact) mass is 478 g/mol. The predicted octanol–water partition coefficient (Wildman–Crippen LogP) is 4.55. The Hall–Kier alpha value is -3.48. The van der Waals surface area contributed by atoms with Crippen LogP contribution in [0.1, 0.15) is 32.9 Å². The maximum Gasteiger partial charge on any atom is 0.407 e. The molecule has 0 fully saturated rings. The van der Waals surface area contributed by atoms with Crippen molar-refractivity contribution in [3.8, 4) is 6.07 Å². The molecule has 33 heavy (non-hydrogen) atoms. The van der Waals surface area contributed by atoms with E-state index in [4.69, 9.17) is 4.74 Å². The molecule has 1 unspecified atom stereocenters. The van der Waals surface area contributed by atoms with Gasteiger partial charge in [0.15, 0.2) is 0 Å². The Bertz CT molecular complexity index is 1180. The lowest BCUT2D eigenvalue weighted by Crippen LogP contribution is -2.33. The molecule has 3 heterocycles. The van der Waals surface area contributed by atoms with Crippen LogP contribution in [0.3, 0.4) is 0 Å². The molecular formula is C24H22N4O3S2. The van der Waals surface area contributed by atoms with Gasteiger partial charge < -0.3 is 15.4 Å². The second-order valence-electron chi connectivity index (χ2n) is 7.47. The second-order valence-corrected chi connectivity index (χ2v) is 9.55. The molecule has 1 aliphatic rings. The number of hydrogen-bond acceptors (Lipinski definition) is 7. The first-order valence-corrected chi connectivity index (χ1v) is 12.2. The quantitative estimate of drug-likeness (QED) is 0.485. The van der Waals surface area contributed by atoms with Gasteiger partial charge >= 0.3 is 6.09 Å². The lowest BCUT2D eigenvalue weighted by atomic mass is 9.94. The van der Waals surface area contributed by atoms with Gasteiger partial charge in [-0.2, -0.15) is 5.26 Å².